The molecule has 2 rings (SSSR count). The molecule has 0 aliphatic heterocycles. The summed E-state index contributed by atoms with van der Waals surface area (Å²) in [5, 5.41) is 17.8. The Morgan fingerprint density at radius 3 is 3.23 bits per heavy atom. The molecule has 0 aromatic carbocycles. The third kappa shape index (κ3) is 1.70. The van der Waals surface area contributed by atoms with E-state index in [9.17, 15) is 4.79 Å². The Morgan fingerprint density at radius 2 is 2.69 bits per heavy atom. The van der Waals surface area contributed by atoms with Crippen LogP contribution in [0.4, 0.5) is 0 Å². The van der Waals surface area contributed by atoms with Crippen LogP contribution in [-0.2, 0) is 0 Å². The van der Waals surface area contributed by atoms with E-state index in [4.69, 9.17) is 5.11 Å². The highest BCUT2D eigenvalue weighted by molar-refractivity contribution is 5.94. The second-order valence-electron chi connectivity index (χ2n) is 3.25. The van der Waals surface area contributed by atoms with E-state index in [2.05, 4.69) is 15.5 Å². The van der Waals surface area contributed by atoms with Gasteiger partial charge in [-0.15, -0.1) is 0 Å². The second-order valence-corrected chi connectivity index (χ2v) is 3.25. The Kier molecular flexibility index (Phi) is 2.02. The van der Waals surface area contributed by atoms with Crippen molar-refractivity contribution in [2.75, 3.05) is 6.61 Å². The van der Waals surface area contributed by atoms with Crippen LogP contribution in [0.5, 0.6) is 0 Å². The van der Waals surface area contributed by atoms with Crippen LogP contribution < -0.4 is 5.32 Å². The van der Waals surface area contributed by atoms with Gasteiger partial charge in [-0.3, -0.25) is 9.89 Å². The summed E-state index contributed by atoms with van der Waals surface area (Å²) in [5.41, 5.74) is 0.531. The highest BCUT2D eigenvalue weighted by Gasteiger charge is 2.37. The van der Waals surface area contributed by atoms with Crippen molar-refractivity contribution in [3.8, 4) is 0 Å². The molecule has 1 saturated carbocycles. The highest BCUT2D eigenvalue weighted by Crippen LogP contribution is 2.29. The number of aliphatic hydroxyl groups is 1. The van der Waals surface area contributed by atoms with Crippen LogP contribution in [0.15, 0.2) is 12.4 Å². The molecule has 1 aliphatic rings. The number of aromatic nitrogens is 2. The summed E-state index contributed by atoms with van der Waals surface area (Å²) in [7, 11) is 0. The molecule has 1 heterocycles. The Labute approximate surface area is 75.2 Å². The maximum Gasteiger partial charge on any atom is 0.254 e. The fourth-order valence-corrected chi connectivity index (χ4v) is 1.25. The number of hydrogen-bond donors (Lipinski definition) is 3. The lowest BCUT2D eigenvalue weighted by Crippen LogP contribution is -2.26. The summed E-state index contributed by atoms with van der Waals surface area (Å²) < 4.78 is 0. The number of carbonyl (C=O) groups is 1. The molecule has 5 nitrogen and oxygen atoms in total. The SMILES string of the molecule is O=C(N[C@@H]1C[C@H]1CO)c1cn[nH]c1. The van der Waals surface area contributed by atoms with Crippen molar-refractivity contribution in [1.82, 2.24) is 15.5 Å². The molecule has 1 aromatic rings. The van der Waals surface area contributed by atoms with Gasteiger partial charge >= 0.3 is 0 Å². The first-order chi connectivity index (χ1) is 6.31. The molecule has 0 radical (unpaired) electrons. The lowest BCUT2D eigenvalue weighted by molar-refractivity contribution is 0.0947. The third-order valence-corrected chi connectivity index (χ3v) is 2.23. The van der Waals surface area contributed by atoms with Gasteiger partial charge < -0.3 is 10.4 Å². The minimum atomic E-state index is -0.130. The van der Waals surface area contributed by atoms with Gasteiger partial charge in [0.1, 0.15) is 0 Å². The summed E-state index contributed by atoms with van der Waals surface area (Å²) in [5.74, 6) is 0.116. The van der Waals surface area contributed by atoms with Gasteiger partial charge in [0.2, 0.25) is 0 Å². The number of aliphatic hydroxyl groups excluding tert-OH is 1. The van der Waals surface area contributed by atoms with Gasteiger partial charge in [-0.25, -0.2) is 0 Å². The van der Waals surface area contributed by atoms with Crippen LogP contribution in [0.1, 0.15) is 16.8 Å². The van der Waals surface area contributed by atoms with Crippen LogP contribution in [0.3, 0.4) is 0 Å². The highest BCUT2D eigenvalue weighted by atomic mass is 16.3. The van der Waals surface area contributed by atoms with Gasteiger partial charge in [-0.1, -0.05) is 0 Å². The normalized spacial score (nSPS) is 25.6. The number of carbonyl (C=O) groups excluding carboxylic acids is 1. The predicted octanol–water partition coefficient (Wildman–Crippen LogP) is -0.480. The minimum Gasteiger partial charge on any atom is -0.396 e. The summed E-state index contributed by atoms with van der Waals surface area (Å²) in [6.45, 7) is 0.149. The molecule has 1 amide bonds. The largest absolute Gasteiger partial charge is 0.396 e. The first kappa shape index (κ1) is 8.25. The van der Waals surface area contributed by atoms with Crippen molar-refractivity contribution in [2.24, 2.45) is 5.92 Å². The van der Waals surface area contributed by atoms with E-state index in [1.54, 1.807) is 6.20 Å². The molecule has 13 heavy (non-hydrogen) atoms. The zero-order valence-corrected chi connectivity index (χ0v) is 7.03. The fraction of sp³-hybridized carbons (Fsp3) is 0.500. The average molecular weight is 181 g/mol. The molecule has 70 valence electrons. The maximum absolute atomic E-state index is 11.4. The number of aromatic amines is 1. The third-order valence-electron chi connectivity index (χ3n) is 2.23. The zero-order valence-electron chi connectivity index (χ0n) is 7.03. The van der Waals surface area contributed by atoms with E-state index >= 15 is 0 Å². The fourth-order valence-electron chi connectivity index (χ4n) is 1.25. The molecule has 3 N–H and O–H groups in total. The quantitative estimate of drug-likeness (QED) is 0.589. The van der Waals surface area contributed by atoms with Crippen molar-refractivity contribution >= 4 is 5.91 Å². The number of nitrogens with one attached hydrogen (secondary N) is 2. The average Bonchev–Trinajstić information content (AvgIpc) is 2.68. The topological polar surface area (TPSA) is 78.0 Å². The van der Waals surface area contributed by atoms with Crippen LogP contribution in [0, 0.1) is 5.92 Å². The number of nitrogens with zero attached hydrogens (tertiary/aromatic N) is 1. The molecule has 5 heteroatoms. The van der Waals surface area contributed by atoms with Crippen LogP contribution in [0.2, 0.25) is 0 Å². The Morgan fingerprint density at radius 1 is 1.85 bits per heavy atom. The first-order valence-electron chi connectivity index (χ1n) is 4.21. The van der Waals surface area contributed by atoms with Gasteiger partial charge in [0, 0.05) is 24.8 Å². The summed E-state index contributed by atoms with van der Waals surface area (Å²) in [4.78, 5) is 11.4. The van der Waals surface area contributed by atoms with Crippen molar-refractivity contribution in [3.05, 3.63) is 18.0 Å². The molecule has 1 aromatic heterocycles. The molecular weight excluding hydrogens is 170 g/mol. The van der Waals surface area contributed by atoms with Crippen molar-refractivity contribution in [1.29, 1.82) is 0 Å². The Hall–Kier alpha value is -1.36. The van der Waals surface area contributed by atoms with E-state index in [-0.39, 0.29) is 24.5 Å². The zero-order chi connectivity index (χ0) is 9.26. The lowest BCUT2D eigenvalue weighted by atomic mass is 10.3. The number of hydrogen-bond acceptors (Lipinski definition) is 3. The van der Waals surface area contributed by atoms with E-state index in [1.807, 2.05) is 0 Å². The van der Waals surface area contributed by atoms with Gasteiger partial charge in [0.25, 0.3) is 5.91 Å². The molecule has 2 atom stereocenters. The van der Waals surface area contributed by atoms with Gasteiger partial charge in [0.05, 0.1) is 11.8 Å². The lowest BCUT2D eigenvalue weighted by Gasteiger charge is -2.00. The van der Waals surface area contributed by atoms with Crippen molar-refractivity contribution < 1.29 is 9.90 Å². The standard InChI is InChI=1S/C8H11N3O2/c12-4-5-1-7(5)11-8(13)6-2-9-10-3-6/h2-3,5,7,12H,1,4H2,(H,9,10)(H,11,13)/t5-,7+/m0/s1. The first-order valence-corrected chi connectivity index (χ1v) is 4.21. The summed E-state index contributed by atoms with van der Waals surface area (Å²) in [6, 6.07) is 0.146. The van der Waals surface area contributed by atoms with Crippen LogP contribution >= 0.6 is 0 Å². The van der Waals surface area contributed by atoms with E-state index in [0.717, 1.165) is 6.42 Å². The van der Waals surface area contributed by atoms with E-state index < -0.39 is 0 Å². The van der Waals surface area contributed by atoms with Gasteiger partial charge in [0.15, 0.2) is 0 Å². The number of rotatable bonds is 3. The molecule has 0 saturated heterocycles. The molecule has 0 unspecified atom stereocenters. The van der Waals surface area contributed by atoms with E-state index in [0.29, 0.717) is 5.56 Å². The molecule has 0 bridgehead atoms. The van der Waals surface area contributed by atoms with E-state index in [1.165, 1.54) is 6.20 Å². The van der Waals surface area contributed by atoms with Crippen molar-refractivity contribution in [3.63, 3.8) is 0 Å². The number of amides is 1. The van der Waals surface area contributed by atoms with Gasteiger partial charge in [-0.05, 0) is 6.42 Å². The smallest absolute Gasteiger partial charge is 0.254 e. The van der Waals surface area contributed by atoms with Crippen LogP contribution in [0.25, 0.3) is 0 Å². The molecule has 1 fully saturated rings. The van der Waals surface area contributed by atoms with Crippen LogP contribution in [-0.4, -0.2) is 33.9 Å². The van der Waals surface area contributed by atoms with Gasteiger partial charge in [-0.2, -0.15) is 5.10 Å². The minimum absolute atomic E-state index is 0.130. The Bertz CT molecular complexity index is 296. The summed E-state index contributed by atoms with van der Waals surface area (Å²) in [6.07, 6.45) is 3.90. The molecular formula is C8H11N3O2. The summed E-state index contributed by atoms with van der Waals surface area (Å²) >= 11 is 0. The maximum atomic E-state index is 11.4. The molecule has 0 spiro atoms. The predicted molar refractivity (Wildman–Crippen MR) is 45.0 cm³/mol. The second kappa shape index (κ2) is 3.18. The Balaban J connectivity index is 1.87. The van der Waals surface area contributed by atoms with Crippen molar-refractivity contribution in [2.45, 2.75) is 12.5 Å². The number of H-pyrrole nitrogens is 1. The molecule has 1 aliphatic carbocycles. The monoisotopic (exact) mass is 181 g/mol.